The summed E-state index contributed by atoms with van der Waals surface area (Å²) < 4.78 is 0. The van der Waals surface area contributed by atoms with E-state index in [4.69, 9.17) is 5.73 Å². The lowest BCUT2D eigenvalue weighted by molar-refractivity contribution is -0.144. The Hall–Kier alpha value is -1.28. The Morgan fingerprint density at radius 1 is 1.00 bits per heavy atom. The van der Waals surface area contributed by atoms with Gasteiger partial charge < -0.3 is 20.4 Å². The maximum absolute atomic E-state index is 13.3. The number of rotatable bonds is 14. The molecule has 0 saturated heterocycles. The number of carbonyl (C=O) groups is 3. The van der Waals surface area contributed by atoms with Gasteiger partial charge in [-0.15, -0.1) is 11.8 Å². The van der Waals surface area contributed by atoms with Crippen LogP contribution in [-0.4, -0.2) is 83.3 Å². The summed E-state index contributed by atoms with van der Waals surface area (Å²) in [5, 5.41) is -0.662. The number of thioether (sulfide) groups is 1. The van der Waals surface area contributed by atoms with Crippen LogP contribution in [-0.2, 0) is 14.4 Å². The van der Waals surface area contributed by atoms with Crippen LogP contribution in [0.5, 0.6) is 0 Å². The third-order valence-corrected chi connectivity index (χ3v) is 6.49. The number of nitrogens with two attached hydrogens (primary N) is 1. The molecule has 0 aromatic rings. The van der Waals surface area contributed by atoms with Gasteiger partial charge in [0.2, 0.25) is 11.8 Å². The Morgan fingerprint density at radius 3 is 2.00 bits per heavy atom. The molecule has 0 radical (unpaired) electrons. The lowest BCUT2D eigenvalue weighted by Gasteiger charge is -2.35. The molecule has 28 heavy (non-hydrogen) atoms. The molecule has 8 heteroatoms. The van der Waals surface area contributed by atoms with Crippen molar-refractivity contribution in [1.29, 1.82) is 0 Å². The van der Waals surface area contributed by atoms with E-state index >= 15 is 0 Å². The molecule has 3 amide bonds. The van der Waals surface area contributed by atoms with E-state index in [0.717, 1.165) is 38.2 Å². The topological polar surface area (TPSA) is 87.0 Å². The van der Waals surface area contributed by atoms with Gasteiger partial charge in [0.05, 0.1) is 0 Å². The number of primary amides is 1. The van der Waals surface area contributed by atoms with E-state index in [1.807, 2.05) is 20.8 Å². The Kier molecular flexibility index (Phi) is 13.2. The molecule has 164 valence electrons. The number of amides is 3. The van der Waals surface area contributed by atoms with Crippen LogP contribution in [0.1, 0.15) is 53.9 Å². The first-order valence-corrected chi connectivity index (χ1v) is 11.4. The lowest BCUT2D eigenvalue weighted by atomic mass is 9.97. The van der Waals surface area contributed by atoms with Gasteiger partial charge in [-0.05, 0) is 25.4 Å². The van der Waals surface area contributed by atoms with Gasteiger partial charge in [0, 0.05) is 32.8 Å². The van der Waals surface area contributed by atoms with Crippen molar-refractivity contribution in [2.45, 2.75) is 65.3 Å². The fourth-order valence-electron chi connectivity index (χ4n) is 3.09. The summed E-state index contributed by atoms with van der Waals surface area (Å²) in [7, 11) is 3.28. The fraction of sp³-hybridized carbons (Fsp3) is 0.850. The van der Waals surface area contributed by atoms with Crippen LogP contribution in [0.15, 0.2) is 0 Å². The Bertz CT molecular complexity index is 500. The van der Waals surface area contributed by atoms with Crippen LogP contribution < -0.4 is 5.73 Å². The summed E-state index contributed by atoms with van der Waals surface area (Å²) in [6, 6.07) is -0.682. The molecule has 0 aliphatic heterocycles. The van der Waals surface area contributed by atoms with Gasteiger partial charge in [-0.1, -0.05) is 41.0 Å². The summed E-state index contributed by atoms with van der Waals surface area (Å²) in [5.41, 5.74) is 5.58. The van der Waals surface area contributed by atoms with E-state index in [1.165, 1.54) is 21.6 Å². The minimum absolute atomic E-state index is 0.0515. The molecule has 3 atom stereocenters. The fourth-order valence-corrected chi connectivity index (χ4v) is 4.33. The lowest BCUT2D eigenvalue weighted by Crippen LogP contribution is -2.55. The molecular weight excluding hydrogens is 376 g/mol. The molecule has 0 rings (SSSR count). The summed E-state index contributed by atoms with van der Waals surface area (Å²) >= 11 is 1.45. The Labute approximate surface area is 175 Å². The smallest absolute Gasteiger partial charge is 0.256 e. The van der Waals surface area contributed by atoms with Crippen LogP contribution in [0, 0.1) is 5.92 Å². The van der Waals surface area contributed by atoms with E-state index in [1.54, 1.807) is 14.1 Å². The molecule has 0 bridgehead atoms. The first kappa shape index (κ1) is 26.7. The van der Waals surface area contributed by atoms with Crippen LogP contribution in [0.4, 0.5) is 0 Å². The first-order valence-electron chi connectivity index (χ1n) is 10.3. The molecule has 2 N–H and O–H groups in total. The Morgan fingerprint density at radius 2 is 1.57 bits per heavy atom. The van der Waals surface area contributed by atoms with Crippen molar-refractivity contribution in [3.63, 3.8) is 0 Å². The van der Waals surface area contributed by atoms with E-state index < -0.39 is 17.3 Å². The monoisotopic (exact) mass is 416 g/mol. The second-order valence-electron chi connectivity index (χ2n) is 7.19. The number of carbonyl (C=O) groups excluding carboxylic acids is 3. The molecule has 7 nitrogen and oxygen atoms in total. The molecule has 0 aliphatic carbocycles. The predicted octanol–water partition coefficient (Wildman–Crippen LogP) is 2.00. The first-order chi connectivity index (χ1) is 13.2. The molecule has 0 fully saturated rings. The van der Waals surface area contributed by atoms with E-state index in [9.17, 15) is 14.4 Å². The van der Waals surface area contributed by atoms with E-state index in [2.05, 4.69) is 18.7 Å². The number of likely N-dealkylation sites (N-methyl/N-ethyl adjacent to an activating group) is 2. The van der Waals surface area contributed by atoms with Crippen molar-refractivity contribution in [2.75, 3.05) is 39.5 Å². The van der Waals surface area contributed by atoms with Gasteiger partial charge in [0.15, 0.2) is 5.37 Å². The molecule has 1 unspecified atom stereocenters. The largest absolute Gasteiger partial charge is 0.368 e. The SMILES string of the molecule is CCCC(=O)N(C)[C@H](SCCN(CC)CC)C(=O)N(C)[C@H](C(N)=O)C(C)CC. The summed E-state index contributed by atoms with van der Waals surface area (Å²) in [6.45, 7) is 12.7. The van der Waals surface area contributed by atoms with Crippen molar-refractivity contribution in [1.82, 2.24) is 14.7 Å². The second kappa shape index (κ2) is 13.8. The summed E-state index contributed by atoms with van der Waals surface area (Å²) in [5.74, 6) is -0.159. The van der Waals surface area contributed by atoms with Gasteiger partial charge in [-0.3, -0.25) is 14.4 Å². The zero-order chi connectivity index (χ0) is 21.9. The van der Waals surface area contributed by atoms with Gasteiger partial charge in [0.25, 0.3) is 5.91 Å². The maximum atomic E-state index is 13.3. The van der Waals surface area contributed by atoms with E-state index in [0.29, 0.717) is 6.42 Å². The number of hydrogen-bond acceptors (Lipinski definition) is 5. The normalized spacial score (nSPS) is 14.4. The molecular formula is C20H40N4O3S. The van der Waals surface area contributed by atoms with Gasteiger partial charge in [-0.2, -0.15) is 0 Å². The highest BCUT2D eigenvalue weighted by Crippen LogP contribution is 2.22. The zero-order valence-electron chi connectivity index (χ0n) is 18.7. The number of hydrogen-bond donors (Lipinski definition) is 1. The molecule has 0 aliphatic rings. The van der Waals surface area contributed by atoms with Crippen LogP contribution >= 0.6 is 11.8 Å². The number of nitrogens with zero attached hydrogens (tertiary/aromatic N) is 3. The predicted molar refractivity (Wildman–Crippen MR) is 117 cm³/mol. The quantitative estimate of drug-likeness (QED) is 0.438. The zero-order valence-corrected chi connectivity index (χ0v) is 19.6. The minimum Gasteiger partial charge on any atom is -0.368 e. The van der Waals surface area contributed by atoms with Crippen LogP contribution in [0.3, 0.4) is 0 Å². The molecule has 0 spiro atoms. The third kappa shape index (κ3) is 7.99. The highest BCUT2D eigenvalue weighted by atomic mass is 32.2. The second-order valence-corrected chi connectivity index (χ2v) is 8.37. The van der Waals surface area contributed by atoms with Crippen LogP contribution in [0.25, 0.3) is 0 Å². The van der Waals surface area contributed by atoms with Crippen molar-refractivity contribution >= 4 is 29.5 Å². The third-order valence-electron chi connectivity index (χ3n) is 5.24. The summed E-state index contributed by atoms with van der Waals surface area (Å²) in [6.07, 6.45) is 1.85. The highest BCUT2D eigenvalue weighted by Gasteiger charge is 2.36. The highest BCUT2D eigenvalue weighted by molar-refractivity contribution is 8.00. The van der Waals surface area contributed by atoms with Crippen molar-refractivity contribution in [2.24, 2.45) is 11.7 Å². The van der Waals surface area contributed by atoms with Crippen molar-refractivity contribution < 1.29 is 14.4 Å². The minimum atomic E-state index is -0.682. The Balaban J connectivity index is 5.47. The average Bonchev–Trinajstić information content (AvgIpc) is 2.67. The van der Waals surface area contributed by atoms with Gasteiger partial charge >= 0.3 is 0 Å². The maximum Gasteiger partial charge on any atom is 0.256 e. The van der Waals surface area contributed by atoms with E-state index in [-0.39, 0.29) is 17.7 Å². The summed E-state index contributed by atoms with van der Waals surface area (Å²) in [4.78, 5) is 42.9. The average molecular weight is 417 g/mol. The van der Waals surface area contributed by atoms with Crippen molar-refractivity contribution in [3.8, 4) is 0 Å². The molecule has 0 aromatic heterocycles. The van der Waals surface area contributed by atoms with Gasteiger partial charge in [0.1, 0.15) is 6.04 Å². The molecule has 0 heterocycles. The van der Waals surface area contributed by atoms with Crippen LogP contribution in [0.2, 0.25) is 0 Å². The molecule has 0 aromatic carbocycles. The molecule has 0 saturated carbocycles. The standard InChI is InChI=1S/C20H40N4O3S/c1-8-12-16(25)22(6)20(28-14-13-24(10-3)11-4)19(27)23(7)17(18(21)26)15(5)9-2/h15,17,20H,8-14H2,1-7H3,(H2,21,26)/t15?,17-,20+/m0/s1. The van der Waals surface area contributed by atoms with Crippen molar-refractivity contribution in [3.05, 3.63) is 0 Å². The van der Waals surface area contributed by atoms with Gasteiger partial charge in [-0.25, -0.2) is 0 Å².